The second kappa shape index (κ2) is 8.19. The van der Waals surface area contributed by atoms with Crippen molar-refractivity contribution in [2.45, 2.75) is 32.5 Å². The molecule has 0 aliphatic carbocycles. The number of hydrogen-bond donors (Lipinski definition) is 1. The van der Waals surface area contributed by atoms with Crippen molar-refractivity contribution in [3.05, 3.63) is 15.6 Å². The summed E-state index contributed by atoms with van der Waals surface area (Å²) in [5.41, 5.74) is 1.10. The molecule has 5 nitrogen and oxygen atoms in total. The number of hydrogen-bond acceptors (Lipinski definition) is 6. The quantitative estimate of drug-likeness (QED) is 0.819. The van der Waals surface area contributed by atoms with Crippen LogP contribution in [0.3, 0.4) is 0 Å². The number of aromatic nitrogens is 1. The summed E-state index contributed by atoms with van der Waals surface area (Å²) in [6, 6.07) is 0.567. The van der Waals surface area contributed by atoms with Crippen LogP contribution in [-0.2, 0) is 24.3 Å². The Morgan fingerprint density at radius 3 is 2.90 bits per heavy atom. The highest BCUT2D eigenvalue weighted by Crippen LogP contribution is 2.22. The summed E-state index contributed by atoms with van der Waals surface area (Å²) in [6.45, 7) is 8.04. The first-order valence-electron chi connectivity index (χ1n) is 7.70. The zero-order valence-electron chi connectivity index (χ0n) is 13.7. The van der Waals surface area contributed by atoms with E-state index >= 15 is 0 Å². The molecule has 0 spiro atoms. The first-order valence-corrected chi connectivity index (χ1v) is 8.51. The van der Waals surface area contributed by atoms with E-state index in [9.17, 15) is 0 Å². The predicted molar refractivity (Wildman–Crippen MR) is 87.8 cm³/mol. The van der Waals surface area contributed by atoms with Gasteiger partial charge < -0.3 is 19.9 Å². The summed E-state index contributed by atoms with van der Waals surface area (Å²) in [5.74, 6) is 0. The Morgan fingerprint density at radius 1 is 1.38 bits per heavy atom. The third-order valence-electron chi connectivity index (χ3n) is 4.03. The molecule has 0 bridgehead atoms. The van der Waals surface area contributed by atoms with Gasteiger partial charge in [0.15, 0.2) is 0 Å². The molecular formula is C15H28N4OS. The Balaban J connectivity index is 2.04. The summed E-state index contributed by atoms with van der Waals surface area (Å²) in [5, 5.41) is 4.63. The SMILES string of the molecule is CCNCc1sc(CC2CN(C)CCN2C)nc1COC. The number of likely N-dealkylation sites (N-methyl/N-ethyl adjacent to an activating group) is 2. The van der Waals surface area contributed by atoms with E-state index in [0.717, 1.165) is 44.8 Å². The average Bonchev–Trinajstić information content (AvgIpc) is 2.83. The van der Waals surface area contributed by atoms with Crippen LogP contribution in [0.1, 0.15) is 22.5 Å². The summed E-state index contributed by atoms with van der Waals surface area (Å²) in [4.78, 5) is 11.0. The summed E-state index contributed by atoms with van der Waals surface area (Å²) >= 11 is 1.84. The molecule has 1 unspecified atom stereocenters. The number of methoxy groups -OCH3 is 1. The average molecular weight is 312 g/mol. The lowest BCUT2D eigenvalue weighted by molar-refractivity contribution is 0.114. The Morgan fingerprint density at radius 2 is 2.19 bits per heavy atom. The molecule has 0 aromatic carbocycles. The van der Waals surface area contributed by atoms with E-state index in [2.05, 4.69) is 36.1 Å². The highest BCUT2D eigenvalue weighted by Gasteiger charge is 2.24. The van der Waals surface area contributed by atoms with Crippen molar-refractivity contribution in [3.63, 3.8) is 0 Å². The van der Waals surface area contributed by atoms with Gasteiger partial charge in [0.1, 0.15) is 0 Å². The van der Waals surface area contributed by atoms with Crippen LogP contribution in [0.4, 0.5) is 0 Å². The summed E-state index contributed by atoms with van der Waals surface area (Å²) in [7, 11) is 6.16. The highest BCUT2D eigenvalue weighted by atomic mass is 32.1. The van der Waals surface area contributed by atoms with Gasteiger partial charge in [-0.15, -0.1) is 11.3 Å². The van der Waals surface area contributed by atoms with Crippen LogP contribution in [0, 0.1) is 0 Å². The van der Waals surface area contributed by atoms with Crippen LogP contribution < -0.4 is 5.32 Å². The van der Waals surface area contributed by atoms with E-state index < -0.39 is 0 Å². The van der Waals surface area contributed by atoms with Crippen LogP contribution in [0.25, 0.3) is 0 Å². The minimum Gasteiger partial charge on any atom is -0.378 e. The van der Waals surface area contributed by atoms with Gasteiger partial charge in [-0.2, -0.15) is 0 Å². The fourth-order valence-corrected chi connectivity index (χ4v) is 3.79. The molecule has 1 N–H and O–H groups in total. The number of ether oxygens (including phenoxy) is 1. The maximum absolute atomic E-state index is 5.29. The molecule has 2 rings (SSSR count). The van der Waals surface area contributed by atoms with E-state index in [-0.39, 0.29) is 0 Å². The van der Waals surface area contributed by atoms with Gasteiger partial charge in [0.2, 0.25) is 0 Å². The van der Waals surface area contributed by atoms with Gasteiger partial charge in [-0.1, -0.05) is 6.92 Å². The molecule has 0 amide bonds. The lowest BCUT2D eigenvalue weighted by Crippen LogP contribution is -2.50. The first kappa shape index (κ1) is 16.8. The van der Waals surface area contributed by atoms with Crippen molar-refractivity contribution in [3.8, 4) is 0 Å². The molecule has 6 heteroatoms. The molecule has 1 saturated heterocycles. The topological polar surface area (TPSA) is 40.6 Å². The summed E-state index contributed by atoms with van der Waals surface area (Å²) in [6.07, 6.45) is 1.04. The zero-order valence-corrected chi connectivity index (χ0v) is 14.5. The smallest absolute Gasteiger partial charge is 0.0948 e. The Kier molecular flexibility index (Phi) is 6.57. The van der Waals surface area contributed by atoms with Crippen molar-refractivity contribution >= 4 is 11.3 Å². The van der Waals surface area contributed by atoms with Crippen LogP contribution in [0.15, 0.2) is 0 Å². The zero-order chi connectivity index (χ0) is 15.2. The molecule has 1 aromatic heterocycles. The Bertz CT molecular complexity index is 437. The van der Waals surface area contributed by atoms with Gasteiger partial charge in [-0.05, 0) is 20.6 Å². The fraction of sp³-hybridized carbons (Fsp3) is 0.800. The largest absolute Gasteiger partial charge is 0.378 e. The minimum atomic E-state index is 0.567. The number of nitrogens with zero attached hydrogens (tertiary/aromatic N) is 3. The monoisotopic (exact) mass is 312 g/mol. The predicted octanol–water partition coefficient (Wildman–Crippen LogP) is 1.19. The third-order valence-corrected chi connectivity index (χ3v) is 5.15. The van der Waals surface area contributed by atoms with Crippen molar-refractivity contribution in [2.75, 3.05) is 47.4 Å². The standard InChI is InChI=1S/C15H28N4OS/c1-5-16-9-14-13(11-20-4)17-15(21-14)8-12-10-18(2)6-7-19(12)3/h12,16H,5-11H2,1-4H3. The number of nitrogens with one attached hydrogen (secondary N) is 1. The molecule has 1 fully saturated rings. The molecule has 0 saturated carbocycles. The van der Waals surface area contributed by atoms with Gasteiger partial charge in [-0.25, -0.2) is 4.98 Å². The lowest BCUT2D eigenvalue weighted by Gasteiger charge is -2.37. The van der Waals surface area contributed by atoms with Crippen LogP contribution in [0.5, 0.6) is 0 Å². The molecule has 21 heavy (non-hydrogen) atoms. The van der Waals surface area contributed by atoms with Gasteiger partial charge in [-0.3, -0.25) is 0 Å². The van der Waals surface area contributed by atoms with Crippen LogP contribution >= 0.6 is 11.3 Å². The third kappa shape index (κ3) is 4.72. The molecule has 1 atom stereocenters. The maximum atomic E-state index is 5.29. The number of piperazine rings is 1. The Labute approximate surface area is 132 Å². The van der Waals surface area contributed by atoms with Crippen LogP contribution in [0.2, 0.25) is 0 Å². The van der Waals surface area contributed by atoms with Crippen molar-refractivity contribution in [1.29, 1.82) is 0 Å². The second-order valence-electron chi connectivity index (χ2n) is 5.79. The Hall–Kier alpha value is -0.530. The second-order valence-corrected chi connectivity index (χ2v) is 6.96. The van der Waals surface area contributed by atoms with Gasteiger partial charge in [0.25, 0.3) is 0 Å². The maximum Gasteiger partial charge on any atom is 0.0948 e. The van der Waals surface area contributed by atoms with Gasteiger partial charge in [0.05, 0.1) is 17.3 Å². The van der Waals surface area contributed by atoms with Crippen LogP contribution in [-0.4, -0.2) is 68.2 Å². The van der Waals surface area contributed by atoms with Crippen molar-refractivity contribution in [1.82, 2.24) is 20.1 Å². The molecule has 2 heterocycles. The number of rotatable bonds is 7. The molecular weight excluding hydrogens is 284 g/mol. The van der Waals surface area contributed by atoms with Crippen molar-refractivity contribution in [2.24, 2.45) is 0 Å². The molecule has 1 aliphatic rings. The molecule has 1 aliphatic heterocycles. The van der Waals surface area contributed by atoms with Crippen molar-refractivity contribution < 1.29 is 4.74 Å². The highest BCUT2D eigenvalue weighted by molar-refractivity contribution is 7.11. The van der Waals surface area contributed by atoms with Gasteiger partial charge in [0, 0.05) is 50.6 Å². The van der Waals surface area contributed by atoms with E-state index in [1.807, 2.05) is 11.3 Å². The molecule has 120 valence electrons. The van der Waals surface area contributed by atoms with E-state index in [1.54, 1.807) is 7.11 Å². The van der Waals surface area contributed by atoms with E-state index in [1.165, 1.54) is 9.88 Å². The minimum absolute atomic E-state index is 0.567. The fourth-order valence-electron chi connectivity index (χ4n) is 2.67. The molecule has 0 radical (unpaired) electrons. The lowest BCUT2D eigenvalue weighted by atomic mass is 10.1. The van der Waals surface area contributed by atoms with E-state index in [0.29, 0.717) is 12.6 Å². The van der Waals surface area contributed by atoms with E-state index in [4.69, 9.17) is 9.72 Å². The van der Waals surface area contributed by atoms with Gasteiger partial charge >= 0.3 is 0 Å². The normalized spacial score (nSPS) is 21.0. The number of thiazole rings is 1. The molecule has 1 aromatic rings. The first-order chi connectivity index (χ1) is 10.1. The summed E-state index contributed by atoms with van der Waals surface area (Å²) < 4.78 is 5.29.